The summed E-state index contributed by atoms with van der Waals surface area (Å²) in [4.78, 5) is 8.87. The Kier molecular flexibility index (Phi) is 2.24. The minimum atomic E-state index is 0.198. The summed E-state index contributed by atoms with van der Waals surface area (Å²) >= 11 is 1.91. The van der Waals surface area contributed by atoms with E-state index in [0.29, 0.717) is 0 Å². The van der Waals surface area contributed by atoms with Crippen LogP contribution in [-0.2, 0) is 6.42 Å². The van der Waals surface area contributed by atoms with Gasteiger partial charge < -0.3 is 10.6 Å². The van der Waals surface area contributed by atoms with E-state index in [1.54, 1.807) is 0 Å². The molecule has 1 saturated heterocycles. The smallest absolute Gasteiger partial charge is 0.186 e. The number of nitrogens with two attached hydrogens (primary N) is 1. The minimum absolute atomic E-state index is 0.198. The molecular weight excluding hydrogens is 230 g/mol. The third kappa shape index (κ3) is 1.54. The molecule has 0 radical (unpaired) electrons. The lowest BCUT2D eigenvalue weighted by atomic mass is 9.99. The summed E-state index contributed by atoms with van der Waals surface area (Å²) in [5, 5.41) is 1.26. The Labute approximate surface area is 106 Å². The third-order valence-corrected chi connectivity index (χ3v) is 5.81. The van der Waals surface area contributed by atoms with E-state index < -0.39 is 0 Å². The fraction of sp³-hybridized carbons (Fsp3) is 0.769. The van der Waals surface area contributed by atoms with Gasteiger partial charge in [0, 0.05) is 23.5 Å². The Hall–Kier alpha value is -0.610. The zero-order valence-electron chi connectivity index (χ0n) is 10.1. The summed E-state index contributed by atoms with van der Waals surface area (Å²) in [5.74, 6) is 0.939. The van der Waals surface area contributed by atoms with Crippen molar-refractivity contribution < 1.29 is 0 Å². The summed E-state index contributed by atoms with van der Waals surface area (Å²) in [5.41, 5.74) is 7.37. The monoisotopic (exact) mass is 249 g/mol. The summed E-state index contributed by atoms with van der Waals surface area (Å²) in [6, 6.07) is 0.979. The molecule has 0 aromatic carbocycles. The van der Waals surface area contributed by atoms with Crippen LogP contribution in [0.2, 0.25) is 0 Å². The Bertz CT molecular complexity index is 442. The van der Waals surface area contributed by atoms with Gasteiger partial charge in [0.25, 0.3) is 0 Å². The van der Waals surface area contributed by atoms with Crippen molar-refractivity contribution in [1.29, 1.82) is 0 Å². The fourth-order valence-corrected chi connectivity index (χ4v) is 4.97. The second-order valence-electron chi connectivity index (χ2n) is 5.79. The largest absolute Gasteiger partial charge is 0.345 e. The molecule has 3 nitrogen and oxygen atoms in total. The number of anilines is 1. The lowest BCUT2D eigenvalue weighted by Gasteiger charge is -2.26. The summed E-state index contributed by atoms with van der Waals surface area (Å²) in [6.07, 6.45) is 7.76. The lowest BCUT2D eigenvalue weighted by Crippen LogP contribution is -2.31. The van der Waals surface area contributed by atoms with Crippen LogP contribution in [0.15, 0.2) is 0 Å². The summed E-state index contributed by atoms with van der Waals surface area (Å²) < 4.78 is 0. The molecule has 4 heteroatoms. The quantitative estimate of drug-likeness (QED) is 0.831. The van der Waals surface area contributed by atoms with E-state index in [1.165, 1.54) is 54.4 Å². The maximum absolute atomic E-state index is 6.16. The number of thiazole rings is 1. The van der Waals surface area contributed by atoms with Gasteiger partial charge in [0.15, 0.2) is 5.13 Å². The molecule has 17 heavy (non-hydrogen) atoms. The van der Waals surface area contributed by atoms with E-state index in [1.807, 2.05) is 11.3 Å². The molecule has 0 spiro atoms. The molecule has 3 atom stereocenters. The molecule has 2 fully saturated rings. The van der Waals surface area contributed by atoms with Crippen LogP contribution in [-0.4, -0.2) is 17.6 Å². The third-order valence-electron chi connectivity index (χ3n) is 4.64. The molecule has 2 aliphatic carbocycles. The summed E-state index contributed by atoms with van der Waals surface area (Å²) in [6.45, 7) is 1.24. The molecule has 2 heterocycles. The van der Waals surface area contributed by atoms with Crippen LogP contribution in [0.4, 0.5) is 5.13 Å². The second-order valence-corrected chi connectivity index (χ2v) is 6.85. The van der Waals surface area contributed by atoms with Crippen molar-refractivity contribution in [3.63, 3.8) is 0 Å². The molecule has 1 aromatic heterocycles. The zero-order chi connectivity index (χ0) is 11.4. The van der Waals surface area contributed by atoms with Crippen LogP contribution >= 0.6 is 11.3 Å². The molecule has 3 unspecified atom stereocenters. The highest BCUT2D eigenvalue weighted by Gasteiger charge is 2.39. The Morgan fingerprint density at radius 1 is 1.29 bits per heavy atom. The van der Waals surface area contributed by atoms with Crippen molar-refractivity contribution in [2.75, 3.05) is 11.4 Å². The van der Waals surface area contributed by atoms with Crippen molar-refractivity contribution in [3.05, 3.63) is 10.6 Å². The van der Waals surface area contributed by atoms with E-state index in [4.69, 9.17) is 10.7 Å². The molecule has 2 bridgehead atoms. The molecule has 1 saturated carbocycles. The van der Waals surface area contributed by atoms with Gasteiger partial charge in [-0.2, -0.15) is 0 Å². The van der Waals surface area contributed by atoms with Crippen molar-refractivity contribution in [2.45, 2.75) is 50.6 Å². The van der Waals surface area contributed by atoms with Crippen molar-refractivity contribution in [3.8, 4) is 0 Å². The predicted molar refractivity (Wildman–Crippen MR) is 70.5 cm³/mol. The van der Waals surface area contributed by atoms with Crippen molar-refractivity contribution in [1.82, 2.24) is 4.98 Å². The topological polar surface area (TPSA) is 42.1 Å². The number of aryl methyl sites for hydroxylation is 1. The van der Waals surface area contributed by atoms with Crippen LogP contribution < -0.4 is 10.6 Å². The van der Waals surface area contributed by atoms with Gasteiger partial charge in [-0.05, 0) is 44.4 Å². The number of fused-ring (bicyclic) bond motifs is 3. The standard InChI is InChI=1S/C13H19N3S/c14-10-2-1-3-11-12(10)15-13(17-11)16-7-8-4-5-9(16)6-8/h8-10H,1-7,14H2. The Balaban J connectivity index is 1.66. The number of aromatic nitrogens is 1. The van der Waals surface area contributed by atoms with Gasteiger partial charge in [0.05, 0.1) is 5.69 Å². The number of hydrogen-bond acceptors (Lipinski definition) is 4. The van der Waals surface area contributed by atoms with E-state index in [0.717, 1.165) is 18.4 Å². The SMILES string of the molecule is NC1CCCc2sc(N3CC4CCC3C4)nc21. The van der Waals surface area contributed by atoms with Gasteiger partial charge in [-0.25, -0.2) is 4.98 Å². The Morgan fingerprint density at radius 3 is 2.94 bits per heavy atom. The number of piperidine rings is 1. The van der Waals surface area contributed by atoms with E-state index in [2.05, 4.69) is 4.90 Å². The predicted octanol–water partition coefficient (Wildman–Crippen LogP) is 2.47. The molecule has 1 aromatic rings. The number of hydrogen-bond donors (Lipinski definition) is 1. The molecular formula is C13H19N3S. The minimum Gasteiger partial charge on any atom is -0.345 e. The highest BCUT2D eigenvalue weighted by Crippen LogP contribution is 2.43. The molecule has 4 rings (SSSR count). The van der Waals surface area contributed by atoms with Gasteiger partial charge in [-0.1, -0.05) is 0 Å². The molecule has 92 valence electrons. The second kappa shape index (κ2) is 3.69. The van der Waals surface area contributed by atoms with Crippen LogP contribution in [0, 0.1) is 5.92 Å². The van der Waals surface area contributed by atoms with E-state index >= 15 is 0 Å². The van der Waals surface area contributed by atoms with Gasteiger partial charge in [-0.3, -0.25) is 0 Å². The fourth-order valence-electron chi connectivity index (χ4n) is 3.72. The van der Waals surface area contributed by atoms with E-state index in [9.17, 15) is 0 Å². The van der Waals surface area contributed by atoms with Crippen molar-refractivity contribution in [2.24, 2.45) is 11.7 Å². The first-order valence-electron chi connectivity index (χ1n) is 6.83. The molecule has 2 N–H and O–H groups in total. The highest BCUT2D eigenvalue weighted by atomic mass is 32.1. The van der Waals surface area contributed by atoms with Crippen LogP contribution in [0.25, 0.3) is 0 Å². The first-order valence-corrected chi connectivity index (χ1v) is 7.65. The molecule has 0 amide bonds. The van der Waals surface area contributed by atoms with Gasteiger partial charge in [0.2, 0.25) is 0 Å². The maximum Gasteiger partial charge on any atom is 0.186 e. The average Bonchev–Trinajstić information content (AvgIpc) is 3.03. The first-order chi connectivity index (χ1) is 8.31. The first kappa shape index (κ1) is 10.3. The van der Waals surface area contributed by atoms with E-state index in [-0.39, 0.29) is 6.04 Å². The highest BCUT2D eigenvalue weighted by molar-refractivity contribution is 7.15. The zero-order valence-corrected chi connectivity index (χ0v) is 10.9. The average molecular weight is 249 g/mol. The van der Waals surface area contributed by atoms with Crippen LogP contribution in [0.5, 0.6) is 0 Å². The summed E-state index contributed by atoms with van der Waals surface area (Å²) in [7, 11) is 0. The molecule has 3 aliphatic rings. The lowest BCUT2D eigenvalue weighted by molar-refractivity contribution is 0.547. The van der Waals surface area contributed by atoms with Gasteiger partial charge in [-0.15, -0.1) is 11.3 Å². The Morgan fingerprint density at radius 2 is 2.24 bits per heavy atom. The molecule has 1 aliphatic heterocycles. The normalized spacial score (nSPS) is 35.4. The van der Waals surface area contributed by atoms with Gasteiger partial charge >= 0.3 is 0 Å². The maximum atomic E-state index is 6.16. The van der Waals surface area contributed by atoms with Crippen molar-refractivity contribution >= 4 is 16.5 Å². The number of rotatable bonds is 1. The van der Waals surface area contributed by atoms with Gasteiger partial charge in [0.1, 0.15) is 0 Å². The van der Waals surface area contributed by atoms with Crippen LogP contribution in [0.3, 0.4) is 0 Å². The van der Waals surface area contributed by atoms with Crippen LogP contribution in [0.1, 0.15) is 48.7 Å². The number of nitrogens with zero attached hydrogens (tertiary/aromatic N) is 2.